The van der Waals surface area contributed by atoms with Crippen LogP contribution in [-0.4, -0.2) is 0 Å². The van der Waals surface area contributed by atoms with Gasteiger partial charge in [-0.15, -0.1) is 24.0 Å². The van der Waals surface area contributed by atoms with Crippen LogP contribution in [0.5, 0.6) is 0 Å². The third kappa shape index (κ3) is 3.56. The molecular formula is C28H25OPS3. The van der Waals surface area contributed by atoms with Crippen molar-refractivity contribution >= 4 is 63.3 Å². The zero-order chi connectivity index (χ0) is 23.3. The van der Waals surface area contributed by atoms with E-state index in [4.69, 9.17) is 16.2 Å². The summed E-state index contributed by atoms with van der Waals surface area (Å²) in [6.45, 7) is 8.40. The van der Waals surface area contributed by atoms with E-state index in [-0.39, 0.29) is 0 Å². The average molecular weight is 505 g/mol. The molecular weight excluding hydrogens is 479 g/mol. The van der Waals surface area contributed by atoms with E-state index in [2.05, 4.69) is 99.3 Å². The lowest BCUT2D eigenvalue weighted by molar-refractivity contribution is 0.572. The van der Waals surface area contributed by atoms with Crippen LogP contribution in [0.3, 0.4) is 0 Å². The van der Waals surface area contributed by atoms with Crippen LogP contribution in [0.4, 0.5) is 0 Å². The van der Waals surface area contributed by atoms with E-state index in [9.17, 15) is 0 Å². The molecule has 0 aliphatic carbocycles. The minimum absolute atomic E-state index is 0.886. The fraction of sp³-hybridized carbons (Fsp3) is 0.143. The van der Waals surface area contributed by atoms with Crippen LogP contribution in [0.2, 0.25) is 0 Å². The third-order valence-corrected chi connectivity index (χ3v) is 12.1. The summed E-state index contributed by atoms with van der Waals surface area (Å²) < 4.78 is 6.79. The molecule has 0 N–H and O–H groups in total. The van der Waals surface area contributed by atoms with Gasteiger partial charge >= 0.3 is 0 Å². The Hall–Kier alpha value is -2.10. The number of thiol groups is 1. The second-order valence-corrected chi connectivity index (χ2v) is 14.8. The summed E-state index contributed by atoms with van der Waals surface area (Å²) in [5.41, 5.74) is 4.52. The maximum absolute atomic E-state index is 6.79. The minimum atomic E-state index is -2.30. The van der Waals surface area contributed by atoms with Crippen LogP contribution in [-0.2, 0) is 11.8 Å². The van der Waals surface area contributed by atoms with Crippen molar-refractivity contribution in [2.75, 3.05) is 0 Å². The minimum Gasteiger partial charge on any atom is -0.455 e. The monoisotopic (exact) mass is 504 g/mol. The molecule has 5 heteroatoms. The molecule has 1 nitrogen and oxygen atoms in total. The molecule has 1 aliphatic heterocycles. The van der Waals surface area contributed by atoms with Gasteiger partial charge in [-0.05, 0) is 50.0 Å². The van der Waals surface area contributed by atoms with E-state index in [1.807, 2.05) is 25.2 Å². The molecule has 1 atom stereocenters. The molecule has 166 valence electrons. The predicted molar refractivity (Wildman–Crippen MR) is 153 cm³/mol. The SMILES string of the molecule is C/C=C(/C=C(/C)S)c1oc2c(c1-c1cc(C)sc1C)[P@@](=S)(c1ccccc1)c1ccccc1-2. The number of fused-ring (bicyclic) bond motifs is 3. The Morgan fingerprint density at radius 1 is 1.03 bits per heavy atom. The van der Waals surface area contributed by atoms with Crippen molar-refractivity contribution in [3.05, 3.63) is 93.2 Å². The lowest BCUT2D eigenvalue weighted by Gasteiger charge is -2.21. The molecule has 3 heterocycles. The second-order valence-electron chi connectivity index (χ2n) is 8.30. The van der Waals surface area contributed by atoms with Gasteiger partial charge in [0.1, 0.15) is 11.5 Å². The number of rotatable bonds is 4. The van der Waals surface area contributed by atoms with Crippen molar-refractivity contribution < 1.29 is 4.42 Å². The fourth-order valence-corrected chi connectivity index (χ4v) is 10.3. The highest BCUT2D eigenvalue weighted by atomic mass is 32.4. The first-order valence-corrected chi connectivity index (χ1v) is 15.0. The zero-order valence-electron chi connectivity index (χ0n) is 19.0. The third-order valence-electron chi connectivity index (χ3n) is 6.05. The van der Waals surface area contributed by atoms with E-state index in [1.54, 1.807) is 0 Å². The summed E-state index contributed by atoms with van der Waals surface area (Å²) in [6.07, 6.45) is 4.18. The van der Waals surface area contributed by atoms with Gasteiger partial charge in [-0.25, -0.2) is 0 Å². The van der Waals surface area contributed by atoms with Crippen molar-refractivity contribution in [3.8, 4) is 22.5 Å². The van der Waals surface area contributed by atoms with Crippen LogP contribution < -0.4 is 15.9 Å². The first-order valence-electron chi connectivity index (χ1n) is 10.9. The van der Waals surface area contributed by atoms with E-state index in [0.29, 0.717) is 0 Å². The Labute approximate surface area is 210 Å². The standard InChI is InChI=1S/C28H25OPS3/c1-5-20(15-17(2)31)26-25(23-16-18(3)33-19(23)4)28-27(29-26)22-13-9-10-14-24(22)30(28,32)21-11-7-6-8-12-21/h5-16,31H,1-4H3/b17-15-,20-5-/t30-/m1/s1. The molecule has 0 bridgehead atoms. The highest BCUT2D eigenvalue weighted by Gasteiger charge is 2.43. The Morgan fingerprint density at radius 3 is 2.36 bits per heavy atom. The van der Waals surface area contributed by atoms with Crippen molar-refractivity contribution in [1.29, 1.82) is 0 Å². The van der Waals surface area contributed by atoms with Crippen LogP contribution in [0.25, 0.3) is 28.0 Å². The van der Waals surface area contributed by atoms with E-state index < -0.39 is 6.04 Å². The van der Waals surface area contributed by atoms with Gasteiger partial charge in [0.05, 0.1) is 0 Å². The van der Waals surface area contributed by atoms with Gasteiger partial charge in [0, 0.05) is 48.7 Å². The Morgan fingerprint density at radius 2 is 1.73 bits per heavy atom. The van der Waals surface area contributed by atoms with Gasteiger partial charge in [-0.1, -0.05) is 72.5 Å². The largest absolute Gasteiger partial charge is 0.455 e. The molecule has 0 saturated carbocycles. The number of hydrogen-bond donors (Lipinski definition) is 1. The topological polar surface area (TPSA) is 13.1 Å². The molecule has 5 rings (SSSR count). The lowest BCUT2D eigenvalue weighted by Crippen LogP contribution is -2.21. The molecule has 33 heavy (non-hydrogen) atoms. The van der Waals surface area contributed by atoms with E-state index in [0.717, 1.165) is 33.1 Å². The van der Waals surface area contributed by atoms with Gasteiger partial charge < -0.3 is 4.42 Å². The number of benzene rings is 2. The van der Waals surface area contributed by atoms with Gasteiger partial charge in [0.15, 0.2) is 0 Å². The van der Waals surface area contributed by atoms with Gasteiger partial charge in [-0.2, -0.15) is 0 Å². The zero-order valence-corrected chi connectivity index (χ0v) is 22.5. The normalized spacial score (nSPS) is 17.8. The maximum Gasteiger partial charge on any atom is 0.145 e. The molecule has 1 aliphatic rings. The quantitative estimate of drug-likeness (QED) is 0.154. The first-order chi connectivity index (χ1) is 15.9. The van der Waals surface area contributed by atoms with Crippen LogP contribution in [0.15, 0.2) is 82.1 Å². The number of aryl methyl sites for hydroxylation is 2. The van der Waals surface area contributed by atoms with Crippen LogP contribution in [0, 0.1) is 13.8 Å². The van der Waals surface area contributed by atoms with E-state index >= 15 is 0 Å². The summed E-state index contributed by atoms with van der Waals surface area (Å²) in [4.78, 5) is 3.51. The highest BCUT2D eigenvalue weighted by Crippen LogP contribution is 2.57. The van der Waals surface area contributed by atoms with Gasteiger partial charge in [0.25, 0.3) is 0 Å². The summed E-state index contributed by atoms with van der Waals surface area (Å²) >= 11 is 13.1. The molecule has 0 saturated heterocycles. The van der Waals surface area contributed by atoms with Crippen molar-refractivity contribution in [2.24, 2.45) is 0 Å². The number of allylic oxidation sites excluding steroid dienone is 4. The molecule has 2 aromatic carbocycles. The predicted octanol–water partition coefficient (Wildman–Crippen LogP) is 7.60. The second kappa shape index (κ2) is 8.60. The van der Waals surface area contributed by atoms with Gasteiger partial charge in [0.2, 0.25) is 0 Å². The summed E-state index contributed by atoms with van der Waals surface area (Å²) in [5.74, 6) is 1.81. The van der Waals surface area contributed by atoms with E-state index in [1.165, 1.54) is 31.2 Å². The molecule has 0 fully saturated rings. The van der Waals surface area contributed by atoms with Crippen LogP contribution >= 0.6 is 30.0 Å². The molecule has 2 aromatic heterocycles. The fourth-order valence-electron chi connectivity index (χ4n) is 4.71. The molecule has 0 unspecified atom stereocenters. The first kappa shape index (κ1) is 22.7. The van der Waals surface area contributed by atoms with Crippen molar-refractivity contribution in [1.82, 2.24) is 0 Å². The molecule has 0 spiro atoms. The Balaban J connectivity index is 1.95. The number of hydrogen-bond acceptors (Lipinski definition) is 4. The van der Waals surface area contributed by atoms with Crippen molar-refractivity contribution in [2.45, 2.75) is 27.7 Å². The molecule has 4 aromatic rings. The Bertz CT molecular complexity index is 1480. The Kier molecular flexibility index (Phi) is 5.91. The smallest absolute Gasteiger partial charge is 0.145 e. The number of furan rings is 1. The molecule has 0 amide bonds. The van der Waals surface area contributed by atoms with Gasteiger partial charge in [-0.3, -0.25) is 0 Å². The summed E-state index contributed by atoms with van der Waals surface area (Å²) in [7, 11) is 0. The number of thiophene rings is 1. The lowest BCUT2D eigenvalue weighted by atomic mass is 10.0. The van der Waals surface area contributed by atoms with Crippen molar-refractivity contribution in [3.63, 3.8) is 0 Å². The molecule has 0 radical (unpaired) electrons. The average Bonchev–Trinajstić information content (AvgIpc) is 3.43. The van der Waals surface area contributed by atoms with Crippen LogP contribution in [0.1, 0.15) is 29.4 Å². The summed E-state index contributed by atoms with van der Waals surface area (Å²) in [5, 5.41) is 3.61. The summed E-state index contributed by atoms with van der Waals surface area (Å²) in [6, 6.07) is 19.1. The highest BCUT2D eigenvalue weighted by molar-refractivity contribution is 8.26. The maximum atomic E-state index is 6.79.